The van der Waals surface area contributed by atoms with Gasteiger partial charge in [-0.3, -0.25) is 11.3 Å². The van der Waals surface area contributed by atoms with Gasteiger partial charge in [0.1, 0.15) is 0 Å². The lowest BCUT2D eigenvalue weighted by atomic mass is 9.99. The first kappa shape index (κ1) is 12.0. The predicted molar refractivity (Wildman–Crippen MR) is 70.6 cm³/mol. The number of ether oxygens (including phenoxy) is 1. The number of nitrogens with one attached hydrogen (secondary N) is 1. The van der Waals surface area contributed by atoms with Crippen LogP contribution >= 0.6 is 0 Å². The SMILES string of the molecule is COCC(Cc1cccc2ccccc12)NN. The van der Waals surface area contributed by atoms with Crippen LogP contribution in [0.3, 0.4) is 0 Å². The zero-order valence-corrected chi connectivity index (χ0v) is 10.0. The summed E-state index contributed by atoms with van der Waals surface area (Å²) >= 11 is 0. The molecule has 0 aliphatic heterocycles. The van der Waals surface area contributed by atoms with Crippen LogP contribution in [-0.4, -0.2) is 19.8 Å². The van der Waals surface area contributed by atoms with Gasteiger partial charge in [0.25, 0.3) is 0 Å². The molecule has 2 aromatic rings. The lowest BCUT2D eigenvalue weighted by Crippen LogP contribution is -2.40. The highest BCUT2D eigenvalue weighted by atomic mass is 16.5. The number of benzene rings is 2. The van der Waals surface area contributed by atoms with Gasteiger partial charge in [-0.15, -0.1) is 0 Å². The number of hydrogen-bond donors (Lipinski definition) is 2. The smallest absolute Gasteiger partial charge is 0.0632 e. The number of hydrazine groups is 1. The summed E-state index contributed by atoms with van der Waals surface area (Å²) in [6.07, 6.45) is 0.867. The van der Waals surface area contributed by atoms with E-state index in [1.165, 1.54) is 16.3 Å². The second-order valence-electron chi connectivity index (χ2n) is 4.16. The van der Waals surface area contributed by atoms with Gasteiger partial charge >= 0.3 is 0 Å². The fourth-order valence-electron chi connectivity index (χ4n) is 2.10. The third-order valence-electron chi connectivity index (χ3n) is 2.95. The lowest BCUT2D eigenvalue weighted by Gasteiger charge is -2.16. The van der Waals surface area contributed by atoms with Gasteiger partial charge in [-0.2, -0.15) is 0 Å². The van der Waals surface area contributed by atoms with Gasteiger partial charge in [0.15, 0.2) is 0 Å². The van der Waals surface area contributed by atoms with E-state index in [0.29, 0.717) is 6.61 Å². The second kappa shape index (κ2) is 5.77. The van der Waals surface area contributed by atoms with Crippen LogP contribution in [0.4, 0.5) is 0 Å². The first-order valence-corrected chi connectivity index (χ1v) is 5.77. The average molecular weight is 230 g/mol. The van der Waals surface area contributed by atoms with Crippen molar-refractivity contribution in [1.29, 1.82) is 0 Å². The first-order valence-electron chi connectivity index (χ1n) is 5.77. The van der Waals surface area contributed by atoms with Crippen LogP contribution in [-0.2, 0) is 11.2 Å². The van der Waals surface area contributed by atoms with Gasteiger partial charge in [-0.25, -0.2) is 0 Å². The summed E-state index contributed by atoms with van der Waals surface area (Å²) < 4.78 is 5.14. The van der Waals surface area contributed by atoms with Crippen LogP contribution in [0.15, 0.2) is 42.5 Å². The maximum Gasteiger partial charge on any atom is 0.0632 e. The Hall–Kier alpha value is -1.42. The van der Waals surface area contributed by atoms with E-state index < -0.39 is 0 Å². The molecule has 0 amide bonds. The molecule has 0 aliphatic carbocycles. The van der Waals surface area contributed by atoms with E-state index in [9.17, 15) is 0 Å². The minimum absolute atomic E-state index is 0.144. The van der Waals surface area contributed by atoms with Crippen molar-refractivity contribution in [2.24, 2.45) is 5.84 Å². The molecule has 3 heteroatoms. The largest absolute Gasteiger partial charge is 0.383 e. The van der Waals surface area contributed by atoms with Gasteiger partial charge in [0.05, 0.1) is 6.61 Å². The summed E-state index contributed by atoms with van der Waals surface area (Å²) in [5.41, 5.74) is 4.09. The third-order valence-corrected chi connectivity index (χ3v) is 2.95. The van der Waals surface area contributed by atoms with Crippen molar-refractivity contribution < 1.29 is 4.74 Å². The molecule has 0 saturated heterocycles. The number of fused-ring (bicyclic) bond motifs is 1. The highest BCUT2D eigenvalue weighted by Crippen LogP contribution is 2.19. The van der Waals surface area contributed by atoms with E-state index in [2.05, 4.69) is 47.9 Å². The van der Waals surface area contributed by atoms with Crippen molar-refractivity contribution in [1.82, 2.24) is 5.43 Å². The Morgan fingerprint density at radius 2 is 1.94 bits per heavy atom. The molecule has 17 heavy (non-hydrogen) atoms. The van der Waals surface area contributed by atoms with Crippen molar-refractivity contribution in [2.75, 3.05) is 13.7 Å². The summed E-state index contributed by atoms with van der Waals surface area (Å²) in [4.78, 5) is 0. The number of nitrogens with two attached hydrogens (primary N) is 1. The van der Waals surface area contributed by atoms with Crippen LogP contribution in [0.25, 0.3) is 10.8 Å². The van der Waals surface area contributed by atoms with Crippen LogP contribution in [0.1, 0.15) is 5.56 Å². The van der Waals surface area contributed by atoms with Crippen LogP contribution in [0.2, 0.25) is 0 Å². The summed E-state index contributed by atoms with van der Waals surface area (Å²) in [6.45, 7) is 0.611. The zero-order chi connectivity index (χ0) is 12.1. The van der Waals surface area contributed by atoms with Gasteiger partial charge < -0.3 is 4.74 Å². The molecule has 2 aromatic carbocycles. The maximum atomic E-state index is 5.52. The number of rotatable bonds is 5. The van der Waals surface area contributed by atoms with Crippen LogP contribution in [0, 0.1) is 0 Å². The summed E-state index contributed by atoms with van der Waals surface area (Å²) in [7, 11) is 1.69. The third kappa shape index (κ3) is 2.82. The normalized spacial score (nSPS) is 12.8. The van der Waals surface area contributed by atoms with E-state index in [-0.39, 0.29) is 6.04 Å². The van der Waals surface area contributed by atoms with Gasteiger partial charge in [0, 0.05) is 13.2 Å². The van der Waals surface area contributed by atoms with Crippen molar-refractivity contribution in [3.8, 4) is 0 Å². The highest BCUT2D eigenvalue weighted by molar-refractivity contribution is 5.85. The molecule has 0 aliphatic rings. The molecule has 0 fully saturated rings. The molecular weight excluding hydrogens is 212 g/mol. The summed E-state index contributed by atoms with van der Waals surface area (Å²) in [5, 5.41) is 2.55. The molecule has 3 nitrogen and oxygen atoms in total. The molecule has 1 unspecified atom stereocenters. The van der Waals surface area contributed by atoms with E-state index in [1.54, 1.807) is 7.11 Å². The topological polar surface area (TPSA) is 47.3 Å². The molecule has 2 rings (SSSR count). The standard InChI is InChI=1S/C14H18N2O/c1-17-10-13(16-15)9-12-7-4-6-11-5-2-3-8-14(11)12/h2-8,13,16H,9-10,15H2,1H3. The Morgan fingerprint density at radius 1 is 1.18 bits per heavy atom. The first-order chi connectivity index (χ1) is 8.35. The maximum absolute atomic E-state index is 5.52. The molecule has 0 bridgehead atoms. The molecule has 90 valence electrons. The minimum Gasteiger partial charge on any atom is -0.383 e. The molecule has 1 atom stereocenters. The van der Waals surface area contributed by atoms with E-state index in [1.807, 2.05) is 0 Å². The lowest BCUT2D eigenvalue weighted by molar-refractivity contribution is 0.166. The van der Waals surface area contributed by atoms with Gasteiger partial charge in [-0.1, -0.05) is 42.5 Å². The fraction of sp³-hybridized carbons (Fsp3) is 0.286. The molecule has 0 heterocycles. The molecule has 0 radical (unpaired) electrons. The zero-order valence-electron chi connectivity index (χ0n) is 10.0. The molecular formula is C14H18N2O. The van der Waals surface area contributed by atoms with Gasteiger partial charge in [0.2, 0.25) is 0 Å². The molecule has 3 N–H and O–H groups in total. The highest BCUT2D eigenvalue weighted by Gasteiger charge is 2.09. The second-order valence-corrected chi connectivity index (χ2v) is 4.16. The minimum atomic E-state index is 0.144. The Kier molecular flexibility index (Phi) is 4.09. The summed E-state index contributed by atoms with van der Waals surface area (Å²) in [5.74, 6) is 5.52. The molecule has 0 spiro atoms. The number of hydrogen-bond acceptors (Lipinski definition) is 3. The van der Waals surface area contributed by atoms with Crippen LogP contribution in [0.5, 0.6) is 0 Å². The summed E-state index contributed by atoms with van der Waals surface area (Å²) in [6, 6.07) is 14.9. The van der Waals surface area contributed by atoms with Crippen molar-refractivity contribution in [3.63, 3.8) is 0 Å². The fourth-order valence-corrected chi connectivity index (χ4v) is 2.10. The van der Waals surface area contributed by atoms with Gasteiger partial charge in [-0.05, 0) is 22.8 Å². The van der Waals surface area contributed by atoms with E-state index in [0.717, 1.165) is 6.42 Å². The Labute approximate surface area is 102 Å². The number of methoxy groups -OCH3 is 1. The quantitative estimate of drug-likeness (QED) is 0.609. The Balaban J connectivity index is 2.28. The average Bonchev–Trinajstić information content (AvgIpc) is 2.38. The monoisotopic (exact) mass is 230 g/mol. The Bertz CT molecular complexity index is 479. The van der Waals surface area contributed by atoms with E-state index >= 15 is 0 Å². The Morgan fingerprint density at radius 3 is 2.71 bits per heavy atom. The van der Waals surface area contributed by atoms with Crippen LogP contribution < -0.4 is 11.3 Å². The van der Waals surface area contributed by atoms with E-state index in [4.69, 9.17) is 10.6 Å². The molecule has 0 aromatic heterocycles. The van der Waals surface area contributed by atoms with Crippen molar-refractivity contribution >= 4 is 10.8 Å². The predicted octanol–water partition coefficient (Wildman–Crippen LogP) is 1.86. The van der Waals surface area contributed by atoms with Crippen molar-refractivity contribution in [3.05, 3.63) is 48.0 Å². The van der Waals surface area contributed by atoms with Crippen molar-refractivity contribution in [2.45, 2.75) is 12.5 Å². The molecule has 0 saturated carbocycles.